The molecule has 0 saturated heterocycles. The van der Waals surface area contributed by atoms with Crippen LogP contribution in [0.25, 0.3) is 0 Å². The molecule has 1 aromatic heterocycles. The summed E-state index contributed by atoms with van der Waals surface area (Å²) in [5, 5.41) is 0.168. The molecule has 0 bridgehead atoms. The van der Waals surface area contributed by atoms with E-state index in [0.29, 0.717) is 30.1 Å². The molecule has 1 heterocycles. The first-order valence-corrected chi connectivity index (χ1v) is 9.70. The van der Waals surface area contributed by atoms with Crippen LogP contribution in [-0.2, 0) is 14.3 Å². The number of carbonyl (C=O) groups excluding carboxylic acids is 2. The van der Waals surface area contributed by atoms with E-state index in [1.165, 1.54) is 12.3 Å². The first-order valence-electron chi connectivity index (χ1n) is 9.32. The highest BCUT2D eigenvalue weighted by Gasteiger charge is 2.30. The number of ketones is 1. The summed E-state index contributed by atoms with van der Waals surface area (Å²) >= 11 is 5.66. The molecule has 1 atom stereocenters. The predicted molar refractivity (Wildman–Crippen MR) is 108 cm³/mol. The lowest BCUT2D eigenvalue weighted by atomic mass is 9.79. The van der Waals surface area contributed by atoms with Crippen LogP contribution < -0.4 is 9.47 Å². The predicted octanol–water partition coefficient (Wildman–Crippen LogP) is 5.25. The van der Waals surface area contributed by atoms with Crippen LogP contribution in [0.5, 0.6) is 17.4 Å². The second kappa shape index (κ2) is 8.83. The van der Waals surface area contributed by atoms with Crippen molar-refractivity contribution < 1.29 is 28.2 Å². The zero-order valence-electron chi connectivity index (χ0n) is 16.8. The molecule has 0 N–H and O–H groups in total. The monoisotopic (exact) mass is 433 g/mol. The molecule has 2 aromatic rings. The number of carbonyl (C=O) groups is 2. The molecule has 0 saturated carbocycles. The van der Waals surface area contributed by atoms with Crippen molar-refractivity contribution >= 4 is 23.4 Å². The smallest absolute Gasteiger partial charge is 0.352 e. The largest absolute Gasteiger partial charge is 0.479 e. The number of allylic oxidation sites excluding steroid dienone is 2. The lowest BCUT2D eigenvalue weighted by Crippen LogP contribution is -2.29. The number of benzene rings is 1. The Morgan fingerprint density at radius 3 is 2.50 bits per heavy atom. The van der Waals surface area contributed by atoms with Crippen LogP contribution in [0.4, 0.5) is 4.39 Å². The number of ether oxygens (including phenoxy) is 3. The highest BCUT2D eigenvalue weighted by Crippen LogP contribution is 2.34. The summed E-state index contributed by atoms with van der Waals surface area (Å²) in [6.45, 7) is 5.44. The average Bonchev–Trinajstić information content (AvgIpc) is 2.63. The normalized spacial score (nSPS) is 16.4. The molecular formula is C22H21ClFNO5. The molecule has 1 unspecified atom stereocenters. The third kappa shape index (κ3) is 5.79. The van der Waals surface area contributed by atoms with Crippen molar-refractivity contribution in [3.8, 4) is 17.4 Å². The van der Waals surface area contributed by atoms with E-state index < -0.39 is 17.9 Å². The van der Waals surface area contributed by atoms with E-state index in [4.69, 9.17) is 25.8 Å². The number of aromatic nitrogens is 1. The summed E-state index contributed by atoms with van der Waals surface area (Å²) < 4.78 is 30.1. The minimum atomic E-state index is -0.895. The van der Waals surface area contributed by atoms with Gasteiger partial charge in [-0.2, -0.15) is 0 Å². The molecule has 3 rings (SSSR count). The van der Waals surface area contributed by atoms with Gasteiger partial charge in [0, 0.05) is 25.1 Å². The first kappa shape index (κ1) is 21.8. The van der Waals surface area contributed by atoms with Gasteiger partial charge in [-0.05, 0) is 42.7 Å². The van der Waals surface area contributed by atoms with Gasteiger partial charge in [0.15, 0.2) is 17.7 Å². The van der Waals surface area contributed by atoms with Crippen LogP contribution in [0.15, 0.2) is 48.4 Å². The first-order chi connectivity index (χ1) is 14.1. The number of hydrogen-bond donors (Lipinski definition) is 0. The van der Waals surface area contributed by atoms with Gasteiger partial charge in [0.1, 0.15) is 17.3 Å². The van der Waals surface area contributed by atoms with Gasteiger partial charge in [0.05, 0.1) is 5.02 Å². The molecule has 1 aromatic carbocycles. The molecule has 6 nitrogen and oxygen atoms in total. The van der Waals surface area contributed by atoms with Crippen molar-refractivity contribution in [3.63, 3.8) is 0 Å². The maximum Gasteiger partial charge on any atom is 0.352 e. The van der Waals surface area contributed by atoms with E-state index >= 15 is 0 Å². The van der Waals surface area contributed by atoms with Crippen LogP contribution in [0.3, 0.4) is 0 Å². The summed E-state index contributed by atoms with van der Waals surface area (Å²) in [4.78, 5) is 27.9. The van der Waals surface area contributed by atoms with Gasteiger partial charge in [-0.25, -0.2) is 14.2 Å². The van der Waals surface area contributed by atoms with Crippen LogP contribution in [-0.4, -0.2) is 22.8 Å². The molecule has 0 fully saturated rings. The molecule has 0 amide bonds. The number of pyridine rings is 1. The van der Waals surface area contributed by atoms with Gasteiger partial charge in [0.25, 0.3) is 5.88 Å². The van der Waals surface area contributed by atoms with Crippen molar-refractivity contribution in [2.75, 3.05) is 0 Å². The van der Waals surface area contributed by atoms with Gasteiger partial charge in [0.2, 0.25) is 0 Å². The molecule has 1 aliphatic rings. The third-order valence-corrected chi connectivity index (χ3v) is 4.52. The second-order valence-corrected chi connectivity index (χ2v) is 8.23. The fraction of sp³-hybridized carbons (Fsp3) is 0.318. The summed E-state index contributed by atoms with van der Waals surface area (Å²) in [6, 6.07) is 7.34. The van der Waals surface area contributed by atoms with Gasteiger partial charge in [-0.1, -0.05) is 25.4 Å². The van der Waals surface area contributed by atoms with Crippen molar-refractivity contribution in [2.24, 2.45) is 5.41 Å². The molecule has 0 radical (unpaired) electrons. The molecular weight excluding hydrogens is 413 g/mol. The molecule has 8 heteroatoms. The SMILES string of the molecule is CC(Oc1ccc(Oc2ncc(Cl)cc2F)cc1)C(=O)OC1=CC(=O)CC(C)(C)C1. The van der Waals surface area contributed by atoms with Gasteiger partial charge in [-0.3, -0.25) is 4.79 Å². The van der Waals surface area contributed by atoms with Crippen molar-refractivity contribution in [3.05, 3.63) is 59.2 Å². The lowest BCUT2D eigenvalue weighted by Gasteiger charge is -2.28. The fourth-order valence-electron chi connectivity index (χ4n) is 2.99. The minimum Gasteiger partial charge on any atom is -0.479 e. The highest BCUT2D eigenvalue weighted by molar-refractivity contribution is 6.30. The van der Waals surface area contributed by atoms with E-state index in [1.807, 2.05) is 13.8 Å². The Morgan fingerprint density at radius 1 is 1.20 bits per heavy atom. The zero-order valence-corrected chi connectivity index (χ0v) is 17.5. The molecule has 158 valence electrons. The number of esters is 1. The van der Waals surface area contributed by atoms with Gasteiger partial charge >= 0.3 is 5.97 Å². The van der Waals surface area contributed by atoms with Gasteiger partial charge < -0.3 is 14.2 Å². The summed E-state index contributed by atoms with van der Waals surface area (Å²) in [5.41, 5.74) is -0.250. The quantitative estimate of drug-likeness (QED) is 0.579. The Morgan fingerprint density at radius 2 is 1.87 bits per heavy atom. The van der Waals surface area contributed by atoms with E-state index in [0.717, 1.165) is 6.07 Å². The third-order valence-electron chi connectivity index (χ3n) is 4.32. The van der Waals surface area contributed by atoms with Crippen LogP contribution >= 0.6 is 11.6 Å². The van der Waals surface area contributed by atoms with E-state index in [-0.39, 0.29) is 22.1 Å². The zero-order chi connectivity index (χ0) is 21.9. The Kier molecular flexibility index (Phi) is 6.41. The van der Waals surface area contributed by atoms with E-state index in [2.05, 4.69) is 4.98 Å². The number of nitrogens with zero attached hydrogens (tertiary/aromatic N) is 1. The molecule has 0 spiro atoms. The summed E-state index contributed by atoms with van der Waals surface area (Å²) in [7, 11) is 0. The second-order valence-electron chi connectivity index (χ2n) is 7.79. The van der Waals surface area contributed by atoms with Crippen LogP contribution in [0, 0.1) is 11.2 Å². The average molecular weight is 434 g/mol. The standard InChI is InChI=1S/C22H21ClFNO5/c1-13(21(27)30-18-9-15(26)10-22(2,3)11-18)28-16-4-6-17(7-5-16)29-20-19(24)8-14(23)12-25-20/h4-9,12-13H,10-11H2,1-3H3. The van der Waals surface area contributed by atoms with E-state index in [9.17, 15) is 14.0 Å². The highest BCUT2D eigenvalue weighted by atomic mass is 35.5. The maximum atomic E-state index is 13.8. The topological polar surface area (TPSA) is 74.7 Å². The number of hydrogen-bond acceptors (Lipinski definition) is 6. The Labute approximate surface area is 178 Å². The summed E-state index contributed by atoms with van der Waals surface area (Å²) in [6.07, 6.45) is 2.67. The van der Waals surface area contributed by atoms with Crippen LogP contribution in [0.1, 0.15) is 33.6 Å². The summed E-state index contributed by atoms with van der Waals surface area (Å²) in [5.74, 6) is -0.479. The maximum absolute atomic E-state index is 13.8. The minimum absolute atomic E-state index is 0.0650. The molecule has 0 aliphatic heterocycles. The number of halogens is 2. The number of rotatable bonds is 6. The molecule has 30 heavy (non-hydrogen) atoms. The van der Waals surface area contributed by atoms with Crippen molar-refractivity contribution in [1.29, 1.82) is 0 Å². The Balaban J connectivity index is 1.58. The van der Waals surface area contributed by atoms with Crippen LogP contribution in [0.2, 0.25) is 5.02 Å². The van der Waals surface area contributed by atoms with Gasteiger partial charge in [-0.15, -0.1) is 0 Å². The molecule has 1 aliphatic carbocycles. The van der Waals surface area contributed by atoms with Crippen molar-refractivity contribution in [1.82, 2.24) is 4.98 Å². The van der Waals surface area contributed by atoms with Crippen molar-refractivity contribution in [2.45, 2.75) is 39.7 Å². The van der Waals surface area contributed by atoms with E-state index in [1.54, 1.807) is 31.2 Å². The Bertz CT molecular complexity index is 988. The lowest BCUT2D eigenvalue weighted by molar-refractivity contribution is -0.147. The fourth-order valence-corrected chi connectivity index (χ4v) is 3.14. The Hall–Kier alpha value is -2.93.